The van der Waals surface area contributed by atoms with Crippen molar-refractivity contribution in [3.63, 3.8) is 0 Å². The van der Waals surface area contributed by atoms with Gasteiger partial charge in [0.1, 0.15) is 0 Å². The number of aromatic nitrogens is 1. The minimum absolute atomic E-state index is 0. The first-order chi connectivity index (χ1) is 9.20. The average Bonchev–Trinajstić information content (AvgIpc) is 3.00. The maximum Gasteiger partial charge on any atom is 0.180 e. The monoisotopic (exact) mass is 329 g/mol. The van der Waals surface area contributed by atoms with Crippen LogP contribution in [0.25, 0.3) is 0 Å². The molecule has 0 radical (unpaired) electrons. The highest BCUT2D eigenvalue weighted by Crippen LogP contribution is 2.29. The minimum Gasteiger partial charge on any atom is -0.375 e. The maximum atomic E-state index is 5.93. The standard InChI is InChI=1S/C14H16ClN3S.ClH/c15-12-3-1-10(2-4-12)11-5-6-18(8-11)9-13-7-17-14(16)19-13;/h1-4,7,11H,5-6,8-9H2,(H2,16,17);1H. The molecule has 1 aliphatic rings. The molecule has 1 aromatic heterocycles. The lowest BCUT2D eigenvalue weighted by Gasteiger charge is -2.14. The summed E-state index contributed by atoms with van der Waals surface area (Å²) in [5, 5.41) is 1.46. The molecule has 1 atom stereocenters. The number of hydrogen-bond acceptors (Lipinski definition) is 4. The third kappa shape index (κ3) is 3.64. The van der Waals surface area contributed by atoms with E-state index in [1.807, 2.05) is 18.3 Å². The highest BCUT2D eigenvalue weighted by Gasteiger charge is 2.24. The molecule has 3 rings (SSSR count). The Morgan fingerprint density at radius 1 is 1.35 bits per heavy atom. The highest BCUT2D eigenvalue weighted by atomic mass is 35.5. The summed E-state index contributed by atoms with van der Waals surface area (Å²) in [6, 6.07) is 8.23. The summed E-state index contributed by atoms with van der Waals surface area (Å²) in [5.41, 5.74) is 7.05. The molecular weight excluding hydrogens is 313 g/mol. The van der Waals surface area contributed by atoms with Gasteiger partial charge in [-0.3, -0.25) is 4.90 Å². The third-order valence-electron chi connectivity index (χ3n) is 3.56. The van der Waals surface area contributed by atoms with E-state index in [0.717, 1.165) is 24.7 Å². The van der Waals surface area contributed by atoms with E-state index in [-0.39, 0.29) is 12.4 Å². The lowest BCUT2D eigenvalue weighted by atomic mass is 9.99. The van der Waals surface area contributed by atoms with Crippen LogP contribution in [-0.2, 0) is 6.54 Å². The van der Waals surface area contributed by atoms with Crippen molar-refractivity contribution in [2.75, 3.05) is 18.8 Å². The Bertz CT molecular complexity index is 556. The van der Waals surface area contributed by atoms with Crippen molar-refractivity contribution in [2.45, 2.75) is 18.9 Å². The minimum atomic E-state index is 0. The van der Waals surface area contributed by atoms with E-state index >= 15 is 0 Å². The molecule has 1 fully saturated rings. The Hall–Kier alpha value is -0.810. The number of nitrogens with two attached hydrogens (primary N) is 1. The topological polar surface area (TPSA) is 42.1 Å². The zero-order chi connectivity index (χ0) is 13.2. The first kappa shape index (κ1) is 15.6. The van der Waals surface area contributed by atoms with E-state index in [1.165, 1.54) is 16.9 Å². The summed E-state index contributed by atoms with van der Waals surface area (Å²) in [5.74, 6) is 0.613. The van der Waals surface area contributed by atoms with Crippen molar-refractivity contribution in [3.8, 4) is 0 Å². The van der Waals surface area contributed by atoms with E-state index in [1.54, 1.807) is 11.3 Å². The Morgan fingerprint density at radius 2 is 2.10 bits per heavy atom. The molecule has 1 unspecified atom stereocenters. The molecule has 3 nitrogen and oxygen atoms in total. The number of likely N-dealkylation sites (tertiary alicyclic amines) is 1. The number of rotatable bonds is 3. The van der Waals surface area contributed by atoms with E-state index in [2.05, 4.69) is 22.0 Å². The van der Waals surface area contributed by atoms with E-state index in [9.17, 15) is 0 Å². The number of anilines is 1. The molecule has 0 bridgehead atoms. The van der Waals surface area contributed by atoms with Gasteiger partial charge in [0.25, 0.3) is 0 Å². The van der Waals surface area contributed by atoms with Crippen molar-refractivity contribution < 1.29 is 0 Å². The van der Waals surface area contributed by atoms with Crippen molar-refractivity contribution in [2.24, 2.45) is 0 Å². The first-order valence-corrected chi connectivity index (χ1v) is 7.58. The lowest BCUT2D eigenvalue weighted by molar-refractivity contribution is 0.329. The van der Waals surface area contributed by atoms with Crippen LogP contribution in [-0.4, -0.2) is 23.0 Å². The van der Waals surface area contributed by atoms with Crippen LogP contribution in [0.1, 0.15) is 22.8 Å². The molecule has 0 spiro atoms. The van der Waals surface area contributed by atoms with E-state index < -0.39 is 0 Å². The predicted molar refractivity (Wildman–Crippen MR) is 87.9 cm³/mol. The number of benzene rings is 1. The SMILES string of the molecule is Cl.Nc1ncc(CN2CCC(c3ccc(Cl)cc3)C2)s1. The molecule has 2 heterocycles. The third-order valence-corrected chi connectivity index (χ3v) is 4.63. The smallest absolute Gasteiger partial charge is 0.180 e. The summed E-state index contributed by atoms with van der Waals surface area (Å²) in [4.78, 5) is 7.81. The van der Waals surface area contributed by atoms with Gasteiger partial charge in [-0.25, -0.2) is 4.98 Å². The van der Waals surface area contributed by atoms with Crippen LogP contribution in [0.4, 0.5) is 5.13 Å². The summed E-state index contributed by atoms with van der Waals surface area (Å²) in [6.45, 7) is 3.18. The van der Waals surface area contributed by atoms with Crippen LogP contribution in [0, 0.1) is 0 Å². The Kier molecular flexibility index (Phi) is 5.27. The van der Waals surface area contributed by atoms with Gasteiger partial charge < -0.3 is 5.73 Å². The molecule has 2 N–H and O–H groups in total. The molecule has 0 amide bonds. The van der Waals surface area contributed by atoms with Gasteiger partial charge in [-0.1, -0.05) is 23.7 Å². The van der Waals surface area contributed by atoms with Gasteiger partial charge in [-0.05, 0) is 36.6 Å². The largest absolute Gasteiger partial charge is 0.375 e. The summed E-state index contributed by atoms with van der Waals surface area (Å²) in [7, 11) is 0. The second-order valence-corrected chi connectivity index (χ2v) is 6.52. The normalized spacial score (nSPS) is 18.9. The fourth-order valence-electron chi connectivity index (χ4n) is 2.60. The number of hydrogen-bond donors (Lipinski definition) is 1. The van der Waals surface area contributed by atoms with Crippen molar-refractivity contribution in [1.29, 1.82) is 0 Å². The molecule has 0 aliphatic carbocycles. The highest BCUT2D eigenvalue weighted by molar-refractivity contribution is 7.15. The quantitative estimate of drug-likeness (QED) is 0.931. The van der Waals surface area contributed by atoms with Crippen LogP contribution < -0.4 is 5.73 Å². The number of halogens is 2. The fourth-order valence-corrected chi connectivity index (χ4v) is 3.45. The van der Waals surface area contributed by atoms with E-state index in [0.29, 0.717) is 11.0 Å². The number of nitrogens with zero attached hydrogens (tertiary/aromatic N) is 2. The van der Waals surface area contributed by atoms with Gasteiger partial charge >= 0.3 is 0 Å². The van der Waals surface area contributed by atoms with E-state index in [4.69, 9.17) is 17.3 Å². The van der Waals surface area contributed by atoms with Gasteiger partial charge in [0.15, 0.2) is 5.13 Å². The molecule has 1 saturated heterocycles. The Balaban J connectivity index is 0.00000147. The summed E-state index contributed by atoms with van der Waals surface area (Å²) >= 11 is 7.51. The Morgan fingerprint density at radius 3 is 2.75 bits per heavy atom. The lowest BCUT2D eigenvalue weighted by Crippen LogP contribution is -2.19. The zero-order valence-electron chi connectivity index (χ0n) is 11.0. The molecule has 6 heteroatoms. The van der Waals surface area contributed by atoms with Crippen molar-refractivity contribution >= 4 is 40.5 Å². The van der Waals surface area contributed by atoms with Crippen LogP contribution >= 0.6 is 35.3 Å². The molecular formula is C14H17Cl2N3S. The molecule has 1 aromatic carbocycles. The van der Waals surface area contributed by atoms with Gasteiger partial charge in [0, 0.05) is 29.2 Å². The molecule has 108 valence electrons. The number of nitrogen functional groups attached to an aromatic ring is 1. The average molecular weight is 330 g/mol. The maximum absolute atomic E-state index is 5.93. The zero-order valence-corrected chi connectivity index (χ0v) is 13.3. The van der Waals surface area contributed by atoms with Gasteiger partial charge in [0.2, 0.25) is 0 Å². The van der Waals surface area contributed by atoms with Crippen LogP contribution in [0.3, 0.4) is 0 Å². The second kappa shape index (κ2) is 6.76. The van der Waals surface area contributed by atoms with Crippen LogP contribution in [0.5, 0.6) is 0 Å². The van der Waals surface area contributed by atoms with Crippen LogP contribution in [0.2, 0.25) is 5.02 Å². The van der Waals surface area contributed by atoms with Gasteiger partial charge in [0.05, 0.1) is 0 Å². The molecule has 20 heavy (non-hydrogen) atoms. The Labute approximate surface area is 134 Å². The summed E-state index contributed by atoms with van der Waals surface area (Å²) < 4.78 is 0. The molecule has 1 aliphatic heterocycles. The fraction of sp³-hybridized carbons (Fsp3) is 0.357. The second-order valence-electron chi connectivity index (χ2n) is 4.94. The molecule has 0 saturated carbocycles. The van der Waals surface area contributed by atoms with Gasteiger partial charge in [-0.15, -0.1) is 23.7 Å². The van der Waals surface area contributed by atoms with Crippen molar-refractivity contribution in [3.05, 3.63) is 45.9 Å². The summed E-state index contributed by atoms with van der Waals surface area (Å²) in [6.07, 6.45) is 3.09. The number of thiazole rings is 1. The van der Waals surface area contributed by atoms with Crippen LogP contribution in [0.15, 0.2) is 30.5 Å². The molecule has 2 aromatic rings. The predicted octanol–water partition coefficient (Wildman–Crippen LogP) is 3.79. The van der Waals surface area contributed by atoms with Gasteiger partial charge in [-0.2, -0.15) is 0 Å². The first-order valence-electron chi connectivity index (χ1n) is 6.39. The van der Waals surface area contributed by atoms with Crippen molar-refractivity contribution in [1.82, 2.24) is 9.88 Å².